The van der Waals surface area contributed by atoms with Crippen LogP contribution >= 0.6 is 0 Å². The second-order valence-corrected chi connectivity index (χ2v) is 9.71. The molecule has 8 nitrogen and oxygen atoms in total. The maximum absolute atomic E-state index is 13.3. The Hall–Kier alpha value is -2.19. The summed E-state index contributed by atoms with van der Waals surface area (Å²) in [4.78, 5) is 35.2. The van der Waals surface area contributed by atoms with Crippen LogP contribution in [0.3, 0.4) is 0 Å². The zero-order valence-corrected chi connectivity index (χ0v) is 18.0. The number of nitrogens with zero attached hydrogens (tertiary/aromatic N) is 4. The third kappa shape index (κ3) is 3.59. The number of likely N-dealkylation sites (tertiary alicyclic amines) is 1. The number of rotatable bonds is 3. The fourth-order valence-electron chi connectivity index (χ4n) is 5.61. The molecule has 166 valence electrons. The number of carbonyl (C=O) groups excluding carboxylic acids is 1. The minimum Gasteiger partial charge on any atom is -0.381 e. The van der Waals surface area contributed by atoms with E-state index in [1.807, 2.05) is 11.0 Å². The Labute approximate surface area is 181 Å². The van der Waals surface area contributed by atoms with Gasteiger partial charge in [0.1, 0.15) is 0 Å². The minimum absolute atomic E-state index is 0.0322. The summed E-state index contributed by atoms with van der Waals surface area (Å²) in [5, 5.41) is 3.35. The summed E-state index contributed by atoms with van der Waals surface area (Å²) in [6.07, 6.45) is 7.04. The highest BCUT2D eigenvalue weighted by Gasteiger charge is 2.36. The van der Waals surface area contributed by atoms with Crippen molar-refractivity contribution in [1.29, 1.82) is 0 Å². The molecule has 1 amide bonds. The van der Waals surface area contributed by atoms with Gasteiger partial charge in [-0.3, -0.25) is 19.6 Å². The molecule has 0 spiro atoms. The Bertz CT molecular complexity index is 1050. The first-order valence-electron chi connectivity index (χ1n) is 11.9. The molecule has 4 aliphatic rings. The first kappa shape index (κ1) is 19.5. The molecule has 0 aromatic carbocycles. The summed E-state index contributed by atoms with van der Waals surface area (Å²) in [5.74, 6) is 0.823. The minimum atomic E-state index is 0.0322. The van der Waals surface area contributed by atoms with Gasteiger partial charge in [-0.25, -0.2) is 9.50 Å². The van der Waals surface area contributed by atoms with Crippen LogP contribution < -0.4 is 5.56 Å². The highest BCUT2D eigenvalue weighted by atomic mass is 16.5. The summed E-state index contributed by atoms with van der Waals surface area (Å²) >= 11 is 0. The molecule has 2 saturated heterocycles. The van der Waals surface area contributed by atoms with Gasteiger partial charge in [-0.05, 0) is 38.5 Å². The number of aromatic nitrogens is 3. The third-order valence-corrected chi connectivity index (χ3v) is 7.62. The molecule has 0 radical (unpaired) electrons. The van der Waals surface area contributed by atoms with Crippen molar-refractivity contribution in [3.8, 4) is 0 Å². The van der Waals surface area contributed by atoms with Crippen LogP contribution in [0.1, 0.15) is 61.4 Å². The SMILES string of the molecule is O=C(C1CC1)N1CCCC(c2cc3nc4c(c(=O)n3[nH]2)CN(C2CCOCC2)CC4)C1. The van der Waals surface area contributed by atoms with Gasteiger partial charge in [0.25, 0.3) is 5.56 Å². The van der Waals surface area contributed by atoms with Crippen molar-refractivity contribution < 1.29 is 9.53 Å². The number of H-pyrrole nitrogens is 1. The fourth-order valence-corrected chi connectivity index (χ4v) is 5.61. The van der Waals surface area contributed by atoms with Gasteiger partial charge in [-0.2, -0.15) is 0 Å². The van der Waals surface area contributed by atoms with Crippen LogP contribution in [0.5, 0.6) is 0 Å². The summed E-state index contributed by atoms with van der Waals surface area (Å²) in [6.45, 7) is 4.86. The van der Waals surface area contributed by atoms with Gasteiger partial charge in [0.05, 0.1) is 11.3 Å². The van der Waals surface area contributed by atoms with Gasteiger partial charge in [-0.1, -0.05) is 0 Å². The molecule has 5 heterocycles. The lowest BCUT2D eigenvalue weighted by Gasteiger charge is -2.36. The molecule has 1 saturated carbocycles. The predicted octanol–water partition coefficient (Wildman–Crippen LogP) is 1.68. The van der Waals surface area contributed by atoms with E-state index in [9.17, 15) is 9.59 Å². The Morgan fingerprint density at radius 1 is 1.13 bits per heavy atom. The van der Waals surface area contributed by atoms with Crippen LogP contribution in [0.4, 0.5) is 0 Å². The van der Waals surface area contributed by atoms with E-state index in [0.717, 1.165) is 94.7 Å². The number of fused-ring (bicyclic) bond motifs is 2. The van der Waals surface area contributed by atoms with Crippen LogP contribution in [-0.4, -0.2) is 69.2 Å². The zero-order valence-electron chi connectivity index (χ0n) is 18.0. The maximum atomic E-state index is 13.3. The summed E-state index contributed by atoms with van der Waals surface area (Å²) in [5.41, 5.74) is 3.56. The molecule has 3 aliphatic heterocycles. The largest absolute Gasteiger partial charge is 0.381 e. The molecule has 3 fully saturated rings. The molecular weight excluding hydrogens is 394 g/mol. The van der Waals surface area contributed by atoms with E-state index < -0.39 is 0 Å². The van der Waals surface area contributed by atoms with Crippen LogP contribution in [-0.2, 0) is 22.5 Å². The first-order chi connectivity index (χ1) is 15.2. The number of amides is 1. The lowest BCUT2D eigenvalue weighted by Crippen LogP contribution is -2.44. The van der Waals surface area contributed by atoms with Crippen molar-refractivity contribution in [3.63, 3.8) is 0 Å². The Kier molecular flexibility index (Phi) is 4.87. The average Bonchev–Trinajstić information content (AvgIpc) is 3.58. The van der Waals surface area contributed by atoms with Crippen molar-refractivity contribution in [3.05, 3.63) is 33.4 Å². The maximum Gasteiger partial charge on any atom is 0.277 e. The number of hydrogen-bond donors (Lipinski definition) is 1. The predicted molar refractivity (Wildman–Crippen MR) is 115 cm³/mol. The zero-order chi connectivity index (χ0) is 20.9. The molecule has 1 atom stereocenters. The lowest BCUT2D eigenvalue weighted by molar-refractivity contribution is -0.133. The van der Waals surface area contributed by atoms with E-state index in [2.05, 4.69) is 10.00 Å². The second kappa shape index (κ2) is 7.74. The first-order valence-corrected chi connectivity index (χ1v) is 11.9. The molecule has 1 aliphatic carbocycles. The molecule has 1 unspecified atom stereocenters. The fraction of sp³-hybridized carbons (Fsp3) is 0.696. The highest BCUT2D eigenvalue weighted by molar-refractivity contribution is 5.81. The van der Waals surface area contributed by atoms with E-state index >= 15 is 0 Å². The summed E-state index contributed by atoms with van der Waals surface area (Å²) in [6, 6.07) is 2.53. The van der Waals surface area contributed by atoms with E-state index in [0.29, 0.717) is 24.1 Å². The van der Waals surface area contributed by atoms with E-state index in [1.54, 1.807) is 4.52 Å². The summed E-state index contributed by atoms with van der Waals surface area (Å²) in [7, 11) is 0. The normalized spacial score (nSPS) is 25.7. The number of piperidine rings is 1. The number of hydrogen-bond acceptors (Lipinski definition) is 5. The molecule has 0 bridgehead atoms. The van der Waals surface area contributed by atoms with Gasteiger partial charge >= 0.3 is 0 Å². The van der Waals surface area contributed by atoms with Crippen molar-refractivity contribution in [2.75, 3.05) is 32.8 Å². The molecule has 2 aromatic heterocycles. The molecular formula is C23H31N5O3. The smallest absolute Gasteiger partial charge is 0.277 e. The topological polar surface area (TPSA) is 82.9 Å². The van der Waals surface area contributed by atoms with Crippen molar-refractivity contribution in [1.82, 2.24) is 24.4 Å². The van der Waals surface area contributed by atoms with Crippen molar-refractivity contribution in [2.45, 2.75) is 63.5 Å². The number of ether oxygens (including phenoxy) is 1. The molecule has 31 heavy (non-hydrogen) atoms. The molecule has 1 N–H and O–H groups in total. The standard InChI is InChI=1S/C23H31N5O3/c29-22(15-3-4-15)27-8-1-2-16(13-27)20-12-21-24-19-5-9-26(17-6-10-31-11-7-17)14-18(19)23(30)28(21)25-20/h12,15-17,25H,1-11,13-14H2. The molecule has 6 rings (SSSR count). The average molecular weight is 426 g/mol. The Morgan fingerprint density at radius 2 is 1.97 bits per heavy atom. The van der Waals surface area contributed by atoms with Gasteiger partial charge < -0.3 is 9.64 Å². The third-order valence-electron chi connectivity index (χ3n) is 7.62. The van der Waals surface area contributed by atoms with Crippen molar-refractivity contribution >= 4 is 11.6 Å². The quantitative estimate of drug-likeness (QED) is 0.809. The van der Waals surface area contributed by atoms with E-state index in [1.165, 1.54) is 0 Å². The van der Waals surface area contributed by atoms with Gasteiger partial charge in [0.2, 0.25) is 5.91 Å². The van der Waals surface area contributed by atoms with E-state index in [-0.39, 0.29) is 17.4 Å². The van der Waals surface area contributed by atoms with Crippen LogP contribution in [0.25, 0.3) is 5.65 Å². The van der Waals surface area contributed by atoms with Gasteiger partial charge in [0, 0.05) is 75.5 Å². The monoisotopic (exact) mass is 425 g/mol. The number of aromatic amines is 1. The summed E-state index contributed by atoms with van der Waals surface area (Å²) < 4.78 is 7.13. The number of nitrogens with one attached hydrogen (secondary N) is 1. The van der Waals surface area contributed by atoms with Crippen molar-refractivity contribution in [2.24, 2.45) is 5.92 Å². The molecule has 2 aromatic rings. The number of carbonyl (C=O) groups is 1. The Balaban J connectivity index is 1.26. The van der Waals surface area contributed by atoms with Crippen LogP contribution in [0.2, 0.25) is 0 Å². The molecule has 8 heteroatoms. The highest BCUT2D eigenvalue weighted by Crippen LogP contribution is 2.34. The Morgan fingerprint density at radius 3 is 2.77 bits per heavy atom. The van der Waals surface area contributed by atoms with Crippen LogP contribution in [0, 0.1) is 5.92 Å². The van der Waals surface area contributed by atoms with Gasteiger partial charge in [0.15, 0.2) is 5.65 Å². The second-order valence-electron chi connectivity index (χ2n) is 9.71. The lowest BCUT2D eigenvalue weighted by atomic mass is 9.94. The van der Waals surface area contributed by atoms with Crippen LogP contribution in [0.15, 0.2) is 10.9 Å². The van der Waals surface area contributed by atoms with E-state index in [4.69, 9.17) is 9.72 Å². The van der Waals surface area contributed by atoms with Gasteiger partial charge in [-0.15, -0.1) is 0 Å².